The van der Waals surface area contributed by atoms with Gasteiger partial charge < -0.3 is 10.5 Å². The predicted octanol–water partition coefficient (Wildman–Crippen LogP) is 2.85. The molecule has 0 fully saturated rings. The van der Waals surface area contributed by atoms with Crippen molar-refractivity contribution in [2.24, 2.45) is 5.73 Å². The molecule has 1 unspecified atom stereocenters. The van der Waals surface area contributed by atoms with E-state index in [1.165, 1.54) is 11.3 Å². The molecular weight excluding hydrogens is 244 g/mol. The van der Waals surface area contributed by atoms with Gasteiger partial charge in [-0.1, -0.05) is 11.6 Å². The molecule has 2 heterocycles. The molecular formula is C11H11ClN2OS. The molecule has 84 valence electrons. The SMILES string of the molecule is COc1cncc(C(N)c2ccc(Cl)s2)c1. The molecule has 2 N–H and O–H groups in total. The minimum atomic E-state index is -0.208. The van der Waals surface area contributed by atoms with E-state index >= 15 is 0 Å². The number of methoxy groups -OCH3 is 1. The quantitative estimate of drug-likeness (QED) is 0.916. The Labute approximate surface area is 103 Å². The van der Waals surface area contributed by atoms with Gasteiger partial charge in [-0.2, -0.15) is 0 Å². The van der Waals surface area contributed by atoms with Crippen LogP contribution in [0.1, 0.15) is 16.5 Å². The fourth-order valence-corrected chi connectivity index (χ4v) is 2.47. The topological polar surface area (TPSA) is 48.1 Å². The lowest BCUT2D eigenvalue weighted by atomic mass is 10.1. The molecule has 0 aromatic carbocycles. The van der Waals surface area contributed by atoms with Gasteiger partial charge in [0.15, 0.2) is 0 Å². The molecule has 0 aliphatic heterocycles. The van der Waals surface area contributed by atoms with E-state index in [9.17, 15) is 0 Å². The van der Waals surface area contributed by atoms with Crippen molar-refractivity contribution in [3.63, 3.8) is 0 Å². The number of hydrogen-bond acceptors (Lipinski definition) is 4. The number of halogens is 1. The third kappa shape index (κ3) is 2.35. The highest BCUT2D eigenvalue weighted by Gasteiger charge is 2.12. The third-order valence-electron chi connectivity index (χ3n) is 2.23. The second-order valence-corrected chi connectivity index (χ2v) is 5.02. The van der Waals surface area contributed by atoms with Crippen LogP contribution in [0.5, 0.6) is 5.75 Å². The average molecular weight is 255 g/mol. The number of hydrogen-bond donors (Lipinski definition) is 1. The molecule has 0 saturated heterocycles. The van der Waals surface area contributed by atoms with Crippen LogP contribution in [0.4, 0.5) is 0 Å². The molecule has 16 heavy (non-hydrogen) atoms. The van der Waals surface area contributed by atoms with E-state index in [1.54, 1.807) is 19.5 Å². The highest BCUT2D eigenvalue weighted by Crippen LogP contribution is 2.30. The van der Waals surface area contributed by atoms with Crippen LogP contribution < -0.4 is 10.5 Å². The summed E-state index contributed by atoms with van der Waals surface area (Å²) in [5, 5.41) is 0. The highest BCUT2D eigenvalue weighted by atomic mass is 35.5. The Morgan fingerprint density at radius 2 is 2.25 bits per heavy atom. The maximum atomic E-state index is 6.11. The smallest absolute Gasteiger partial charge is 0.137 e. The maximum Gasteiger partial charge on any atom is 0.137 e. The van der Waals surface area contributed by atoms with Gasteiger partial charge in [-0.15, -0.1) is 11.3 Å². The molecule has 0 aliphatic rings. The molecule has 0 saturated carbocycles. The van der Waals surface area contributed by atoms with Crippen LogP contribution >= 0.6 is 22.9 Å². The van der Waals surface area contributed by atoms with Crippen molar-refractivity contribution >= 4 is 22.9 Å². The molecule has 2 rings (SSSR count). The number of nitrogens with two attached hydrogens (primary N) is 1. The van der Waals surface area contributed by atoms with Crippen LogP contribution in [0.15, 0.2) is 30.6 Å². The van der Waals surface area contributed by atoms with Crippen molar-refractivity contribution < 1.29 is 4.74 Å². The van der Waals surface area contributed by atoms with Crippen LogP contribution in [0.25, 0.3) is 0 Å². The average Bonchev–Trinajstić information content (AvgIpc) is 2.75. The molecule has 1 atom stereocenters. The molecule has 0 aliphatic carbocycles. The van der Waals surface area contributed by atoms with E-state index < -0.39 is 0 Å². The van der Waals surface area contributed by atoms with E-state index in [2.05, 4.69) is 4.98 Å². The van der Waals surface area contributed by atoms with Gasteiger partial charge in [0.25, 0.3) is 0 Å². The van der Waals surface area contributed by atoms with E-state index in [-0.39, 0.29) is 6.04 Å². The minimum Gasteiger partial charge on any atom is -0.495 e. The molecule has 0 amide bonds. The van der Waals surface area contributed by atoms with Crippen molar-refractivity contribution in [1.29, 1.82) is 0 Å². The van der Waals surface area contributed by atoms with Crippen molar-refractivity contribution in [2.45, 2.75) is 6.04 Å². The molecule has 0 bridgehead atoms. The van der Waals surface area contributed by atoms with Crippen molar-refractivity contribution in [3.05, 3.63) is 45.4 Å². The molecule has 3 nitrogen and oxygen atoms in total. The summed E-state index contributed by atoms with van der Waals surface area (Å²) < 4.78 is 5.84. The number of nitrogens with zero attached hydrogens (tertiary/aromatic N) is 1. The first-order valence-electron chi connectivity index (χ1n) is 4.70. The Kier molecular flexibility index (Phi) is 3.43. The summed E-state index contributed by atoms with van der Waals surface area (Å²) in [5.41, 5.74) is 7.02. The zero-order chi connectivity index (χ0) is 11.5. The first-order chi connectivity index (χ1) is 7.70. The molecule has 2 aromatic heterocycles. The number of aromatic nitrogens is 1. The summed E-state index contributed by atoms with van der Waals surface area (Å²) in [6.07, 6.45) is 3.39. The van der Waals surface area contributed by atoms with E-state index in [0.717, 1.165) is 14.8 Å². The Balaban J connectivity index is 2.29. The largest absolute Gasteiger partial charge is 0.495 e. The Bertz CT molecular complexity index is 486. The lowest BCUT2D eigenvalue weighted by Gasteiger charge is -2.10. The number of pyridine rings is 1. The van der Waals surface area contributed by atoms with E-state index in [4.69, 9.17) is 22.1 Å². The van der Waals surface area contributed by atoms with Gasteiger partial charge >= 0.3 is 0 Å². The van der Waals surface area contributed by atoms with Gasteiger partial charge in [-0.05, 0) is 23.8 Å². The lowest BCUT2D eigenvalue weighted by molar-refractivity contribution is 0.412. The Morgan fingerprint density at radius 1 is 1.44 bits per heavy atom. The van der Waals surface area contributed by atoms with Crippen molar-refractivity contribution in [2.75, 3.05) is 7.11 Å². The number of thiophene rings is 1. The van der Waals surface area contributed by atoms with Crippen LogP contribution in [0, 0.1) is 0 Å². The van der Waals surface area contributed by atoms with Crippen LogP contribution in [-0.4, -0.2) is 12.1 Å². The van der Waals surface area contributed by atoms with E-state index in [1.807, 2.05) is 18.2 Å². The Hall–Kier alpha value is -1.10. The normalized spacial score (nSPS) is 12.4. The van der Waals surface area contributed by atoms with Gasteiger partial charge in [0.1, 0.15) is 5.75 Å². The fraction of sp³-hybridized carbons (Fsp3) is 0.182. The van der Waals surface area contributed by atoms with Gasteiger partial charge in [0.2, 0.25) is 0 Å². The summed E-state index contributed by atoms with van der Waals surface area (Å²) >= 11 is 7.35. The fourth-order valence-electron chi connectivity index (χ4n) is 1.38. The zero-order valence-corrected chi connectivity index (χ0v) is 10.3. The molecule has 0 radical (unpaired) electrons. The second-order valence-electron chi connectivity index (χ2n) is 3.28. The number of rotatable bonds is 3. The Morgan fingerprint density at radius 3 is 2.88 bits per heavy atom. The van der Waals surface area contributed by atoms with E-state index in [0.29, 0.717) is 5.75 Å². The predicted molar refractivity (Wildman–Crippen MR) is 66.1 cm³/mol. The van der Waals surface area contributed by atoms with Gasteiger partial charge in [0.05, 0.1) is 23.7 Å². The van der Waals surface area contributed by atoms with Crippen LogP contribution in [-0.2, 0) is 0 Å². The third-order valence-corrected chi connectivity index (χ3v) is 3.54. The monoisotopic (exact) mass is 254 g/mol. The van der Waals surface area contributed by atoms with Crippen molar-refractivity contribution in [3.8, 4) is 5.75 Å². The van der Waals surface area contributed by atoms with Gasteiger partial charge in [0, 0.05) is 11.1 Å². The van der Waals surface area contributed by atoms with Gasteiger partial charge in [-0.3, -0.25) is 4.98 Å². The molecule has 5 heteroatoms. The highest BCUT2D eigenvalue weighted by molar-refractivity contribution is 7.16. The number of ether oxygens (including phenoxy) is 1. The standard InChI is InChI=1S/C11H11ClN2OS/c1-15-8-4-7(5-14-6-8)11(13)9-2-3-10(12)16-9/h2-6,11H,13H2,1H3. The summed E-state index contributed by atoms with van der Waals surface area (Å²) in [7, 11) is 1.61. The summed E-state index contributed by atoms with van der Waals surface area (Å²) in [5.74, 6) is 0.704. The van der Waals surface area contributed by atoms with Crippen molar-refractivity contribution in [1.82, 2.24) is 4.98 Å². The lowest BCUT2D eigenvalue weighted by Crippen LogP contribution is -2.10. The molecule has 0 spiro atoms. The minimum absolute atomic E-state index is 0.208. The van der Waals surface area contributed by atoms with Crippen LogP contribution in [0.2, 0.25) is 4.34 Å². The summed E-state index contributed by atoms with van der Waals surface area (Å²) in [6, 6.07) is 5.44. The first kappa shape index (κ1) is 11.4. The van der Waals surface area contributed by atoms with Crippen LogP contribution in [0.3, 0.4) is 0 Å². The summed E-state index contributed by atoms with van der Waals surface area (Å²) in [4.78, 5) is 5.09. The zero-order valence-electron chi connectivity index (χ0n) is 8.68. The van der Waals surface area contributed by atoms with Gasteiger partial charge in [-0.25, -0.2) is 0 Å². The molecule has 2 aromatic rings. The second kappa shape index (κ2) is 4.82. The first-order valence-corrected chi connectivity index (χ1v) is 5.90. The summed E-state index contributed by atoms with van der Waals surface area (Å²) in [6.45, 7) is 0. The maximum absolute atomic E-state index is 6.11.